The van der Waals surface area contributed by atoms with Gasteiger partial charge in [-0.05, 0) is 36.4 Å². The van der Waals surface area contributed by atoms with Gasteiger partial charge in [-0.15, -0.1) is 0 Å². The van der Waals surface area contributed by atoms with Crippen molar-refractivity contribution in [1.29, 1.82) is 0 Å². The van der Waals surface area contributed by atoms with Crippen LogP contribution >= 0.6 is 27.5 Å². The van der Waals surface area contributed by atoms with Crippen molar-refractivity contribution in [2.45, 2.75) is 0 Å². The molecule has 2 rings (SSSR count). The Bertz CT molecular complexity index is 719. The minimum absolute atomic E-state index is 0.0103. The number of hydrogen-bond acceptors (Lipinski definition) is 4. The first-order valence-electron chi connectivity index (χ1n) is 5.78. The highest BCUT2D eigenvalue weighted by Crippen LogP contribution is 2.22. The number of hydrazone groups is 1. The Morgan fingerprint density at radius 2 is 1.95 bits per heavy atom. The summed E-state index contributed by atoms with van der Waals surface area (Å²) in [6, 6.07) is 8.95. The van der Waals surface area contributed by atoms with E-state index in [0.717, 1.165) is 0 Å². The van der Waals surface area contributed by atoms with Crippen LogP contribution in [0.15, 0.2) is 46.0 Å². The first-order chi connectivity index (χ1) is 9.97. The number of hydrogen-bond donors (Lipinski definition) is 3. The summed E-state index contributed by atoms with van der Waals surface area (Å²) in [6.45, 7) is 0. The molecule has 0 saturated heterocycles. The lowest BCUT2D eigenvalue weighted by molar-refractivity contribution is 0.0952. The van der Waals surface area contributed by atoms with Crippen LogP contribution < -0.4 is 5.43 Å². The Morgan fingerprint density at radius 1 is 1.19 bits per heavy atom. The molecular weight excluding hydrogens is 360 g/mol. The van der Waals surface area contributed by atoms with Crippen LogP contribution in [0.25, 0.3) is 0 Å². The van der Waals surface area contributed by atoms with Crippen LogP contribution in [-0.4, -0.2) is 22.3 Å². The van der Waals surface area contributed by atoms with Crippen molar-refractivity contribution in [2.75, 3.05) is 0 Å². The summed E-state index contributed by atoms with van der Waals surface area (Å²) in [7, 11) is 0. The fourth-order valence-corrected chi connectivity index (χ4v) is 2.08. The van der Waals surface area contributed by atoms with Gasteiger partial charge < -0.3 is 10.2 Å². The van der Waals surface area contributed by atoms with E-state index >= 15 is 0 Å². The largest absolute Gasteiger partial charge is 0.507 e. The summed E-state index contributed by atoms with van der Waals surface area (Å²) >= 11 is 8.97. The second-order valence-electron chi connectivity index (χ2n) is 4.06. The van der Waals surface area contributed by atoms with Crippen LogP contribution in [0.5, 0.6) is 11.5 Å². The van der Waals surface area contributed by atoms with Crippen LogP contribution in [0, 0.1) is 0 Å². The number of benzene rings is 2. The molecule has 2 aromatic rings. The Balaban J connectivity index is 2.10. The van der Waals surface area contributed by atoms with Crippen LogP contribution in [0.3, 0.4) is 0 Å². The van der Waals surface area contributed by atoms with Crippen LogP contribution in [0.4, 0.5) is 0 Å². The van der Waals surface area contributed by atoms with Gasteiger partial charge in [0, 0.05) is 15.1 Å². The number of halogens is 2. The molecule has 3 N–H and O–H groups in total. The average molecular weight is 370 g/mol. The summed E-state index contributed by atoms with van der Waals surface area (Å²) < 4.78 is 0.656. The molecule has 5 nitrogen and oxygen atoms in total. The zero-order valence-corrected chi connectivity index (χ0v) is 12.9. The van der Waals surface area contributed by atoms with Gasteiger partial charge in [-0.2, -0.15) is 5.10 Å². The minimum atomic E-state index is -0.572. The quantitative estimate of drug-likeness (QED) is 0.573. The van der Waals surface area contributed by atoms with E-state index in [2.05, 4.69) is 26.5 Å². The zero-order chi connectivity index (χ0) is 15.4. The highest BCUT2D eigenvalue weighted by atomic mass is 79.9. The van der Waals surface area contributed by atoms with Gasteiger partial charge in [0.25, 0.3) is 5.91 Å². The Hall–Kier alpha value is -2.05. The number of nitrogens with zero attached hydrogens (tertiary/aromatic N) is 1. The lowest BCUT2D eigenvalue weighted by atomic mass is 10.2. The van der Waals surface area contributed by atoms with Crippen LogP contribution in [0.1, 0.15) is 15.9 Å². The number of nitrogens with one attached hydrogen (secondary N) is 1. The van der Waals surface area contributed by atoms with E-state index in [4.69, 9.17) is 11.6 Å². The number of aromatic hydroxyl groups is 2. The third-order valence-corrected chi connectivity index (χ3v) is 3.29. The van der Waals surface area contributed by atoms with Crippen molar-refractivity contribution in [2.24, 2.45) is 5.10 Å². The molecule has 0 radical (unpaired) electrons. The normalized spacial score (nSPS) is 10.8. The SMILES string of the molecule is O=C(N/N=C/c1cc(Cl)ccc1O)c1ccc(Br)cc1O. The van der Waals surface area contributed by atoms with Gasteiger partial charge in [-0.25, -0.2) is 5.43 Å². The fourth-order valence-electron chi connectivity index (χ4n) is 1.55. The lowest BCUT2D eigenvalue weighted by Crippen LogP contribution is -2.17. The monoisotopic (exact) mass is 368 g/mol. The molecule has 0 unspecified atom stereocenters. The molecular formula is C14H10BrClN2O3. The third kappa shape index (κ3) is 3.96. The maximum atomic E-state index is 11.8. The van der Waals surface area contributed by atoms with Crippen molar-refractivity contribution < 1.29 is 15.0 Å². The van der Waals surface area contributed by atoms with Gasteiger partial charge in [0.05, 0.1) is 11.8 Å². The molecule has 0 heterocycles. The first-order valence-corrected chi connectivity index (χ1v) is 6.95. The highest BCUT2D eigenvalue weighted by Gasteiger charge is 2.10. The summed E-state index contributed by atoms with van der Waals surface area (Å²) in [4.78, 5) is 11.8. The first kappa shape index (κ1) is 15.3. The van der Waals surface area contributed by atoms with Crippen molar-refractivity contribution >= 4 is 39.7 Å². The minimum Gasteiger partial charge on any atom is -0.507 e. The predicted octanol–water partition coefficient (Wildman–Crippen LogP) is 3.28. The predicted molar refractivity (Wildman–Crippen MR) is 84.0 cm³/mol. The van der Waals surface area contributed by atoms with Crippen molar-refractivity contribution in [3.63, 3.8) is 0 Å². The molecule has 0 saturated carbocycles. The van der Waals surface area contributed by atoms with Gasteiger partial charge in [-0.1, -0.05) is 27.5 Å². The Morgan fingerprint density at radius 3 is 2.67 bits per heavy atom. The van der Waals surface area contributed by atoms with Gasteiger partial charge in [0.1, 0.15) is 11.5 Å². The molecule has 0 bridgehead atoms. The van der Waals surface area contributed by atoms with Crippen molar-refractivity contribution in [3.05, 3.63) is 57.0 Å². The molecule has 0 aromatic heterocycles. The molecule has 2 aromatic carbocycles. The molecule has 21 heavy (non-hydrogen) atoms. The summed E-state index contributed by atoms with van der Waals surface area (Å²) in [5.41, 5.74) is 2.71. The van der Waals surface area contributed by atoms with Gasteiger partial charge in [0.2, 0.25) is 0 Å². The lowest BCUT2D eigenvalue weighted by Gasteiger charge is -2.03. The van der Waals surface area contributed by atoms with E-state index in [1.54, 1.807) is 6.07 Å². The zero-order valence-electron chi connectivity index (χ0n) is 10.5. The number of amides is 1. The topological polar surface area (TPSA) is 81.9 Å². The van der Waals surface area contributed by atoms with Crippen molar-refractivity contribution in [3.8, 4) is 11.5 Å². The van der Waals surface area contributed by atoms with Crippen molar-refractivity contribution in [1.82, 2.24) is 5.43 Å². The molecule has 0 aliphatic heterocycles. The Kier molecular flexibility index (Phi) is 4.82. The van der Waals surface area contributed by atoms with E-state index in [9.17, 15) is 15.0 Å². The number of carbonyl (C=O) groups is 1. The Labute approximate surface area is 134 Å². The van der Waals surface area contributed by atoms with E-state index in [1.165, 1.54) is 36.5 Å². The van der Waals surface area contributed by atoms with E-state index in [-0.39, 0.29) is 17.1 Å². The molecule has 0 spiro atoms. The van der Waals surface area contributed by atoms with E-state index in [1.807, 2.05) is 0 Å². The number of carbonyl (C=O) groups excluding carboxylic acids is 1. The molecule has 0 aliphatic rings. The van der Waals surface area contributed by atoms with Crippen LogP contribution in [0.2, 0.25) is 5.02 Å². The van der Waals surface area contributed by atoms with Crippen LogP contribution in [-0.2, 0) is 0 Å². The molecule has 0 fully saturated rings. The smallest absolute Gasteiger partial charge is 0.275 e. The average Bonchev–Trinajstić information content (AvgIpc) is 2.42. The summed E-state index contributed by atoms with van der Waals surface area (Å²) in [5.74, 6) is -0.746. The number of phenols is 2. The number of rotatable bonds is 3. The second kappa shape index (κ2) is 6.60. The highest BCUT2D eigenvalue weighted by molar-refractivity contribution is 9.10. The van der Waals surface area contributed by atoms with Gasteiger partial charge >= 0.3 is 0 Å². The molecule has 1 amide bonds. The maximum absolute atomic E-state index is 11.8. The van der Waals surface area contributed by atoms with Gasteiger partial charge in [-0.3, -0.25) is 4.79 Å². The van der Waals surface area contributed by atoms with E-state index < -0.39 is 5.91 Å². The number of phenolic OH excluding ortho intramolecular Hbond substituents is 2. The molecule has 7 heteroatoms. The third-order valence-electron chi connectivity index (χ3n) is 2.56. The van der Waals surface area contributed by atoms with Gasteiger partial charge in [0.15, 0.2) is 0 Å². The fraction of sp³-hybridized carbons (Fsp3) is 0. The van der Waals surface area contributed by atoms with E-state index in [0.29, 0.717) is 15.1 Å². The summed E-state index contributed by atoms with van der Waals surface area (Å²) in [5, 5.41) is 23.4. The molecule has 0 atom stereocenters. The maximum Gasteiger partial charge on any atom is 0.275 e. The summed E-state index contributed by atoms with van der Waals surface area (Å²) in [6.07, 6.45) is 1.26. The molecule has 0 aliphatic carbocycles. The standard InChI is InChI=1S/C14H10BrClN2O3/c15-9-1-3-11(13(20)6-9)14(21)18-17-7-8-5-10(16)2-4-12(8)19/h1-7,19-20H,(H,18,21)/b17-7+. The second-order valence-corrected chi connectivity index (χ2v) is 5.42. The molecule has 108 valence electrons.